The Labute approximate surface area is 106 Å². The van der Waals surface area contributed by atoms with E-state index >= 15 is 0 Å². The molecule has 0 fully saturated rings. The van der Waals surface area contributed by atoms with E-state index in [1.54, 1.807) is 0 Å². The highest BCUT2D eigenvalue weighted by atomic mass is 16.5. The van der Waals surface area contributed by atoms with Gasteiger partial charge in [-0.25, -0.2) is 4.99 Å². The molecule has 0 saturated carbocycles. The summed E-state index contributed by atoms with van der Waals surface area (Å²) in [7, 11) is 0. The number of hydrogen-bond donors (Lipinski definition) is 0. The Morgan fingerprint density at radius 1 is 0.889 bits per heavy atom. The Bertz CT molecular complexity index is 573. The SMILES string of the molecule is C1=NC(=Cc2ccccc2)C(c2ccccc2)O1. The van der Waals surface area contributed by atoms with Crippen LogP contribution in [-0.4, -0.2) is 6.40 Å². The fourth-order valence-corrected chi connectivity index (χ4v) is 2.00. The predicted octanol–water partition coefficient (Wildman–Crippen LogP) is 3.83. The van der Waals surface area contributed by atoms with Gasteiger partial charge in [0.15, 0.2) is 12.5 Å². The Hall–Kier alpha value is -2.35. The predicted molar refractivity (Wildman–Crippen MR) is 73.2 cm³/mol. The molecule has 0 bridgehead atoms. The van der Waals surface area contributed by atoms with Crippen molar-refractivity contribution in [3.8, 4) is 0 Å². The molecule has 0 aliphatic carbocycles. The van der Waals surface area contributed by atoms with Crippen LogP contribution in [0.4, 0.5) is 0 Å². The van der Waals surface area contributed by atoms with Gasteiger partial charge in [-0.15, -0.1) is 0 Å². The van der Waals surface area contributed by atoms with Crippen molar-refractivity contribution in [3.63, 3.8) is 0 Å². The van der Waals surface area contributed by atoms with Gasteiger partial charge in [0, 0.05) is 0 Å². The summed E-state index contributed by atoms with van der Waals surface area (Å²) in [5.74, 6) is 0. The molecule has 2 aromatic rings. The average molecular weight is 235 g/mol. The third kappa shape index (κ3) is 2.18. The lowest BCUT2D eigenvalue weighted by molar-refractivity contribution is 0.263. The molecule has 0 radical (unpaired) electrons. The molecule has 1 atom stereocenters. The van der Waals surface area contributed by atoms with Crippen LogP contribution in [0.3, 0.4) is 0 Å². The summed E-state index contributed by atoms with van der Waals surface area (Å²) < 4.78 is 5.56. The Kier molecular flexibility index (Phi) is 2.92. The van der Waals surface area contributed by atoms with Crippen LogP contribution in [0.15, 0.2) is 71.4 Å². The van der Waals surface area contributed by atoms with E-state index in [0.29, 0.717) is 0 Å². The molecule has 0 saturated heterocycles. The molecule has 0 spiro atoms. The van der Waals surface area contributed by atoms with Gasteiger partial charge < -0.3 is 4.74 Å². The summed E-state index contributed by atoms with van der Waals surface area (Å²) in [5.41, 5.74) is 3.20. The Morgan fingerprint density at radius 2 is 1.56 bits per heavy atom. The summed E-state index contributed by atoms with van der Waals surface area (Å²) in [6, 6.07) is 20.3. The summed E-state index contributed by atoms with van der Waals surface area (Å²) >= 11 is 0. The lowest BCUT2D eigenvalue weighted by atomic mass is 10.1. The first kappa shape index (κ1) is 10.8. The molecule has 18 heavy (non-hydrogen) atoms. The fraction of sp³-hybridized carbons (Fsp3) is 0.0625. The smallest absolute Gasteiger partial charge is 0.175 e. The van der Waals surface area contributed by atoms with Crippen LogP contribution >= 0.6 is 0 Å². The van der Waals surface area contributed by atoms with Gasteiger partial charge in [0.2, 0.25) is 0 Å². The lowest BCUT2D eigenvalue weighted by Crippen LogP contribution is -1.98. The van der Waals surface area contributed by atoms with Gasteiger partial charge in [-0.3, -0.25) is 0 Å². The summed E-state index contributed by atoms with van der Waals surface area (Å²) in [5, 5.41) is 0. The summed E-state index contributed by atoms with van der Waals surface area (Å²) in [6.45, 7) is 0. The monoisotopic (exact) mass is 235 g/mol. The normalized spacial score (nSPS) is 20.0. The molecule has 88 valence electrons. The number of ether oxygens (including phenoxy) is 1. The van der Waals surface area contributed by atoms with E-state index in [4.69, 9.17) is 4.74 Å². The van der Waals surface area contributed by atoms with E-state index in [-0.39, 0.29) is 6.10 Å². The van der Waals surface area contributed by atoms with E-state index in [0.717, 1.165) is 16.8 Å². The molecule has 1 aliphatic rings. The van der Waals surface area contributed by atoms with E-state index in [9.17, 15) is 0 Å². The summed E-state index contributed by atoms with van der Waals surface area (Å²) in [4.78, 5) is 4.30. The van der Waals surface area contributed by atoms with Crippen molar-refractivity contribution in [3.05, 3.63) is 77.5 Å². The molecule has 2 nitrogen and oxygen atoms in total. The maximum atomic E-state index is 5.56. The third-order valence-electron chi connectivity index (χ3n) is 2.88. The van der Waals surface area contributed by atoms with Crippen LogP contribution in [0.1, 0.15) is 17.2 Å². The molecule has 1 aliphatic heterocycles. The topological polar surface area (TPSA) is 21.6 Å². The van der Waals surface area contributed by atoms with Crippen LogP contribution in [0.2, 0.25) is 0 Å². The van der Waals surface area contributed by atoms with Crippen molar-refractivity contribution in [2.24, 2.45) is 4.99 Å². The first-order valence-corrected chi connectivity index (χ1v) is 5.93. The van der Waals surface area contributed by atoms with E-state index in [1.165, 1.54) is 6.40 Å². The number of hydrogen-bond acceptors (Lipinski definition) is 2. The molecular formula is C16H13NO. The van der Waals surface area contributed by atoms with Crippen molar-refractivity contribution in [1.82, 2.24) is 0 Å². The second-order valence-electron chi connectivity index (χ2n) is 4.14. The van der Waals surface area contributed by atoms with Gasteiger partial charge in [-0.05, 0) is 17.2 Å². The Morgan fingerprint density at radius 3 is 2.28 bits per heavy atom. The van der Waals surface area contributed by atoms with Crippen LogP contribution in [0, 0.1) is 0 Å². The van der Waals surface area contributed by atoms with Crippen molar-refractivity contribution < 1.29 is 4.74 Å². The minimum Gasteiger partial charge on any atom is -0.469 e. The minimum atomic E-state index is -0.0913. The molecule has 2 heteroatoms. The van der Waals surface area contributed by atoms with Crippen LogP contribution in [-0.2, 0) is 4.74 Å². The third-order valence-corrected chi connectivity index (χ3v) is 2.88. The standard InChI is InChI=1S/C16H13NO/c1-3-7-13(8-4-1)11-15-16(18-12-17-15)14-9-5-2-6-10-14/h1-12,16H. The van der Waals surface area contributed by atoms with Gasteiger partial charge in [0.05, 0.1) is 5.70 Å². The second-order valence-corrected chi connectivity index (χ2v) is 4.14. The molecule has 1 heterocycles. The maximum Gasteiger partial charge on any atom is 0.175 e. The van der Waals surface area contributed by atoms with Crippen LogP contribution in [0.5, 0.6) is 0 Å². The highest BCUT2D eigenvalue weighted by Gasteiger charge is 2.20. The molecule has 1 unspecified atom stereocenters. The van der Waals surface area contributed by atoms with Gasteiger partial charge in [-0.2, -0.15) is 0 Å². The van der Waals surface area contributed by atoms with Crippen molar-refractivity contribution in [1.29, 1.82) is 0 Å². The van der Waals surface area contributed by atoms with E-state index < -0.39 is 0 Å². The maximum absolute atomic E-state index is 5.56. The van der Waals surface area contributed by atoms with Gasteiger partial charge in [-0.1, -0.05) is 60.7 Å². The Balaban J connectivity index is 1.92. The van der Waals surface area contributed by atoms with E-state index in [2.05, 4.69) is 35.3 Å². The number of aliphatic imine (C=N–C) groups is 1. The molecule has 0 amide bonds. The van der Waals surface area contributed by atoms with Gasteiger partial charge >= 0.3 is 0 Å². The largest absolute Gasteiger partial charge is 0.469 e. The summed E-state index contributed by atoms with van der Waals surface area (Å²) in [6.07, 6.45) is 3.49. The first-order valence-electron chi connectivity index (χ1n) is 5.93. The zero-order valence-corrected chi connectivity index (χ0v) is 9.86. The van der Waals surface area contributed by atoms with E-state index in [1.807, 2.05) is 36.4 Å². The van der Waals surface area contributed by atoms with Crippen molar-refractivity contribution in [2.45, 2.75) is 6.10 Å². The number of nitrogens with zero attached hydrogens (tertiary/aromatic N) is 1. The quantitative estimate of drug-likeness (QED) is 0.775. The van der Waals surface area contributed by atoms with Crippen LogP contribution < -0.4 is 0 Å². The minimum absolute atomic E-state index is 0.0913. The number of benzene rings is 2. The molecule has 3 rings (SSSR count). The number of rotatable bonds is 2. The molecule has 0 N–H and O–H groups in total. The highest BCUT2D eigenvalue weighted by molar-refractivity contribution is 5.63. The average Bonchev–Trinajstić information content (AvgIpc) is 2.89. The second kappa shape index (κ2) is 4.88. The van der Waals surface area contributed by atoms with Crippen molar-refractivity contribution in [2.75, 3.05) is 0 Å². The highest BCUT2D eigenvalue weighted by Crippen LogP contribution is 2.31. The van der Waals surface area contributed by atoms with Crippen LogP contribution in [0.25, 0.3) is 6.08 Å². The van der Waals surface area contributed by atoms with Gasteiger partial charge in [0.25, 0.3) is 0 Å². The molecular weight excluding hydrogens is 222 g/mol. The van der Waals surface area contributed by atoms with Crippen molar-refractivity contribution >= 4 is 12.5 Å². The lowest BCUT2D eigenvalue weighted by Gasteiger charge is -2.10. The molecule has 0 aromatic heterocycles. The van der Waals surface area contributed by atoms with Gasteiger partial charge in [0.1, 0.15) is 0 Å². The molecule has 2 aromatic carbocycles. The first-order chi connectivity index (χ1) is 8.93. The fourth-order valence-electron chi connectivity index (χ4n) is 2.00. The zero-order valence-electron chi connectivity index (χ0n) is 9.86. The zero-order chi connectivity index (χ0) is 12.2.